The van der Waals surface area contributed by atoms with Crippen LogP contribution in [-0.4, -0.2) is 28.4 Å². The van der Waals surface area contributed by atoms with Crippen molar-refractivity contribution in [3.05, 3.63) is 33.9 Å². The Bertz CT molecular complexity index is 486. The molecule has 0 saturated carbocycles. The molecular weight excluding hydrogens is 254 g/mol. The van der Waals surface area contributed by atoms with Gasteiger partial charge in [-0.3, -0.25) is 14.9 Å². The molecule has 1 unspecified atom stereocenters. The van der Waals surface area contributed by atoms with Crippen LogP contribution in [0.15, 0.2) is 18.2 Å². The fourth-order valence-corrected chi connectivity index (χ4v) is 2.97. The first-order valence-corrected chi connectivity index (χ1v) is 6.66. The highest BCUT2D eigenvalue weighted by Gasteiger charge is 2.22. The summed E-state index contributed by atoms with van der Waals surface area (Å²) >= 11 is 1.78. The van der Waals surface area contributed by atoms with Gasteiger partial charge in [-0.1, -0.05) is 6.07 Å². The number of amides is 1. The molecule has 1 heterocycles. The van der Waals surface area contributed by atoms with Gasteiger partial charge >= 0.3 is 0 Å². The normalized spacial score (nSPS) is 18.6. The van der Waals surface area contributed by atoms with Crippen LogP contribution in [0.2, 0.25) is 0 Å². The molecule has 0 radical (unpaired) electrons. The number of thioether (sulfide) groups is 1. The number of nitrogen functional groups attached to an aromatic ring is 1. The molecule has 1 atom stereocenters. The van der Waals surface area contributed by atoms with Crippen molar-refractivity contribution in [1.29, 1.82) is 0 Å². The maximum atomic E-state index is 12.0. The molecule has 1 saturated heterocycles. The van der Waals surface area contributed by atoms with E-state index < -0.39 is 4.92 Å². The number of hydrogen-bond donors (Lipinski definition) is 2. The number of anilines is 1. The molecule has 6 nitrogen and oxygen atoms in total. The summed E-state index contributed by atoms with van der Waals surface area (Å²) in [6.07, 6.45) is 0.922. The molecule has 1 aliphatic rings. The van der Waals surface area contributed by atoms with Gasteiger partial charge in [-0.05, 0) is 18.2 Å². The van der Waals surface area contributed by atoms with Crippen molar-refractivity contribution in [2.45, 2.75) is 12.5 Å². The van der Waals surface area contributed by atoms with E-state index in [0.717, 1.165) is 17.9 Å². The summed E-state index contributed by atoms with van der Waals surface area (Å²) in [4.78, 5) is 22.1. The number of nitrogens with one attached hydrogen (secondary N) is 1. The number of carbonyl (C=O) groups excluding carboxylic acids is 1. The number of rotatable bonds is 3. The Morgan fingerprint density at radius 1 is 1.56 bits per heavy atom. The van der Waals surface area contributed by atoms with E-state index in [0.29, 0.717) is 0 Å². The maximum absolute atomic E-state index is 12.0. The van der Waals surface area contributed by atoms with Gasteiger partial charge in [-0.25, -0.2) is 0 Å². The van der Waals surface area contributed by atoms with Gasteiger partial charge in [0.15, 0.2) is 0 Å². The predicted octanol–water partition coefficient (Wildman–Crippen LogP) is 1.41. The second kappa shape index (κ2) is 5.26. The second-order valence-electron chi connectivity index (χ2n) is 4.03. The smallest absolute Gasteiger partial charge is 0.292 e. The highest BCUT2D eigenvalue weighted by atomic mass is 32.2. The van der Waals surface area contributed by atoms with Crippen LogP contribution in [0.1, 0.15) is 16.8 Å². The van der Waals surface area contributed by atoms with Crippen LogP contribution in [0.3, 0.4) is 0 Å². The Kier molecular flexibility index (Phi) is 3.71. The number of benzene rings is 1. The molecule has 1 amide bonds. The van der Waals surface area contributed by atoms with Gasteiger partial charge < -0.3 is 11.1 Å². The van der Waals surface area contributed by atoms with E-state index in [2.05, 4.69) is 5.32 Å². The maximum Gasteiger partial charge on any atom is 0.292 e. The average molecular weight is 267 g/mol. The lowest BCUT2D eigenvalue weighted by Crippen LogP contribution is -2.35. The number of nitrogens with two attached hydrogens (primary N) is 1. The summed E-state index contributed by atoms with van der Waals surface area (Å²) < 4.78 is 0. The van der Waals surface area contributed by atoms with Crippen molar-refractivity contribution in [2.75, 3.05) is 17.2 Å². The summed E-state index contributed by atoms with van der Waals surface area (Å²) in [5.74, 6) is 1.55. The van der Waals surface area contributed by atoms with Crippen LogP contribution in [0.4, 0.5) is 11.4 Å². The molecule has 1 aromatic rings. The van der Waals surface area contributed by atoms with Gasteiger partial charge in [0.25, 0.3) is 11.6 Å². The van der Waals surface area contributed by atoms with Crippen LogP contribution in [0.25, 0.3) is 0 Å². The average Bonchev–Trinajstić information content (AvgIpc) is 2.81. The van der Waals surface area contributed by atoms with Gasteiger partial charge in [0, 0.05) is 17.9 Å². The van der Waals surface area contributed by atoms with Crippen molar-refractivity contribution >= 4 is 29.0 Å². The molecule has 0 aliphatic carbocycles. The number of hydrogen-bond acceptors (Lipinski definition) is 5. The fourth-order valence-electron chi connectivity index (χ4n) is 1.82. The minimum atomic E-state index is -0.586. The van der Waals surface area contributed by atoms with E-state index >= 15 is 0 Å². The van der Waals surface area contributed by atoms with Crippen LogP contribution >= 0.6 is 11.8 Å². The Balaban J connectivity index is 2.19. The first-order valence-electron chi connectivity index (χ1n) is 5.51. The summed E-state index contributed by atoms with van der Waals surface area (Å²) in [6, 6.07) is 4.38. The van der Waals surface area contributed by atoms with Crippen molar-refractivity contribution in [3.8, 4) is 0 Å². The highest BCUT2D eigenvalue weighted by molar-refractivity contribution is 7.99. The van der Waals surface area contributed by atoms with Crippen LogP contribution in [-0.2, 0) is 0 Å². The van der Waals surface area contributed by atoms with Crippen molar-refractivity contribution in [3.63, 3.8) is 0 Å². The topological polar surface area (TPSA) is 98.3 Å². The monoisotopic (exact) mass is 267 g/mol. The van der Waals surface area contributed by atoms with E-state index in [9.17, 15) is 14.9 Å². The Morgan fingerprint density at radius 3 is 2.94 bits per heavy atom. The number of para-hydroxylation sites is 1. The van der Waals surface area contributed by atoms with Crippen molar-refractivity contribution in [2.24, 2.45) is 0 Å². The van der Waals surface area contributed by atoms with E-state index in [1.807, 2.05) is 0 Å². The number of carbonyl (C=O) groups is 1. The minimum absolute atomic E-state index is 0.0781. The van der Waals surface area contributed by atoms with Gasteiger partial charge in [-0.2, -0.15) is 11.8 Å². The Labute approximate surface area is 108 Å². The molecule has 3 N–H and O–H groups in total. The minimum Gasteiger partial charge on any atom is -0.393 e. The lowest BCUT2D eigenvalue weighted by Gasteiger charge is -2.12. The van der Waals surface area contributed by atoms with E-state index in [1.165, 1.54) is 18.2 Å². The van der Waals surface area contributed by atoms with Gasteiger partial charge in [0.1, 0.15) is 5.69 Å². The van der Waals surface area contributed by atoms with Crippen LogP contribution < -0.4 is 11.1 Å². The SMILES string of the molecule is Nc1c(C(=O)NC2CCSC2)cccc1[N+](=O)[O-]. The third-order valence-corrected chi connectivity index (χ3v) is 3.95. The van der Waals surface area contributed by atoms with Crippen LogP contribution in [0.5, 0.6) is 0 Å². The molecule has 1 aliphatic heterocycles. The predicted molar refractivity (Wildman–Crippen MR) is 70.7 cm³/mol. The lowest BCUT2D eigenvalue weighted by molar-refractivity contribution is -0.383. The third-order valence-electron chi connectivity index (χ3n) is 2.79. The molecule has 0 aromatic heterocycles. The second-order valence-corrected chi connectivity index (χ2v) is 5.18. The summed E-state index contributed by atoms with van der Waals surface area (Å²) in [5.41, 5.74) is 5.51. The van der Waals surface area contributed by atoms with Crippen molar-refractivity contribution < 1.29 is 9.72 Å². The van der Waals surface area contributed by atoms with Gasteiger partial charge in [0.2, 0.25) is 0 Å². The lowest BCUT2D eigenvalue weighted by atomic mass is 10.1. The molecule has 96 valence electrons. The standard InChI is InChI=1S/C11H13N3O3S/c12-10-8(2-1-3-9(10)14(16)17)11(15)13-7-4-5-18-6-7/h1-3,7H,4-6,12H2,(H,13,15). The van der Waals surface area contributed by atoms with Gasteiger partial charge in [0.05, 0.1) is 10.5 Å². The molecule has 1 aromatic carbocycles. The molecule has 0 spiro atoms. The molecule has 7 heteroatoms. The Hall–Kier alpha value is -1.76. The number of nitrogens with zero attached hydrogens (tertiary/aromatic N) is 1. The van der Waals surface area contributed by atoms with E-state index in [-0.39, 0.29) is 28.9 Å². The van der Waals surface area contributed by atoms with E-state index in [4.69, 9.17) is 5.73 Å². The third kappa shape index (κ3) is 2.56. The molecule has 0 bridgehead atoms. The van der Waals surface area contributed by atoms with Gasteiger partial charge in [-0.15, -0.1) is 0 Å². The zero-order valence-corrected chi connectivity index (χ0v) is 10.4. The van der Waals surface area contributed by atoms with Crippen LogP contribution in [0, 0.1) is 10.1 Å². The first-order chi connectivity index (χ1) is 8.59. The largest absolute Gasteiger partial charge is 0.393 e. The fraction of sp³-hybridized carbons (Fsp3) is 0.364. The quantitative estimate of drug-likeness (QED) is 0.490. The Morgan fingerprint density at radius 2 is 2.33 bits per heavy atom. The molecule has 1 fully saturated rings. The molecular formula is C11H13N3O3S. The summed E-state index contributed by atoms with van der Waals surface area (Å²) in [5, 5.41) is 13.6. The molecule has 18 heavy (non-hydrogen) atoms. The summed E-state index contributed by atoms with van der Waals surface area (Å²) in [6.45, 7) is 0. The highest BCUT2D eigenvalue weighted by Crippen LogP contribution is 2.25. The zero-order chi connectivity index (χ0) is 13.1. The van der Waals surface area contributed by atoms with E-state index in [1.54, 1.807) is 11.8 Å². The van der Waals surface area contributed by atoms with Crippen molar-refractivity contribution in [1.82, 2.24) is 5.32 Å². The summed E-state index contributed by atoms with van der Waals surface area (Å²) in [7, 11) is 0. The number of nitro groups is 1. The first kappa shape index (κ1) is 12.7. The number of nitro benzene ring substituents is 1. The molecule has 2 rings (SSSR count). The zero-order valence-electron chi connectivity index (χ0n) is 9.59.